The topological polar surface area (TPSA) is 75.4 Å². The maximum atomic E-state index is 12.4. The van der Waals surface area contributed by atoms with Crippen LogP contribution >= 0.6 is 12.4 Å². The minimum Gasteiger partial charge on any atom is -0.356 e. The van der Waals surface area contributed by atoms with E-state index in [4.69, 9.17) is 5.73 Å². The molecule has 3 N–H and O–H groups in total. The van der Waals surface area contributed by atoms with E-state index in [1.54, 1.807) is 4.90 Å². The van der Waals surface area contributed by atoms with Crippen molar-refractivity contribution in [1.82, 2.24) is 10.2 Å². The van der Waals surface area contributed by atoms with Crippen molar-refractivity contribution in [3.63, 3.8) is 0 Å². The van der Waals surface area contributed by atoms with Crippen molar-refractivity contribution in [3.8, 4) is 0 Å². The van der Waals surface area contributed by atoms with Crippen LogP contribution in [-0.2, 0) is 9.59 Å². The van der Waals surface area contributed by atoms with E-state index < -0.39 is 6.04 Å². The van der Waals surface area contributed by atoms with Crippen LogP contribution in [-0.4, -0.2) is 42.4 Å². The Morgan fingerprint density at radius 1 is 1.38 bits per heavy atom. The van der Waals surface area contributed by atoms with Crippen LogP contribution in [0.3, 0.4) is 0 Å². The first kappa shape index (κ1) is 20.2. The molecule has 0 aromatic heterocycles. The molecule has 2 amide bonds. The van der Waals surface area contributed by atoms with Crippen molar-refractivity contribution in [3.05, 3.63) is 0 Å². The first-order chi connectivity index (χ1) is 9.27. The van der Waals surface area contributed by atoms with Crippen LogP contribution in [0.1, 0.15) is 47.0 Å². The Labute approximate surface area is 134 Å². The van der Waals surface area contributed by atoms with Gasteiger partial charge in [0.25, 0.3) is 0 Å². The van der Waals surface area contributed by atoms with E-state index in [0.29, 0.717) is 19.6 Å². The van der Waals surface area contributed by atoms with Gasteiger partial charge >= 0.3 is 0 Å². The molecule has 21 heavy (non-hydrogen) atoms. The summed E-state index contributed by atoms with van der Waals surface area (Å²) in [4.78, 5) is 26.2. The molecule has 1 heterocycles. The Bertz CT molecular complexity index is 355. The molecule has 1 unspecified atom stereocenters. The average Bonchev–Trinajstić information content (AvgIpc) is 2.42. The maximum absolute atomic E-state index is 12.4. The Balaban J connectivity index is 0.00000400. The highest BCUT2D eigenvalue weighted by atomic mass is 35.5. The minimum absolute atomic E-state index is 0. The molecule has 5 nitrogen and oxygen atoms in total. The third-order valence-corrected chi connectivity index (χ3v) is 3.85. The zero-order valence-electron chi connectivity index (χ0n) is 13.6. The van der Waals surface area contributed by atoms with Crippen LogP contribution in [0.4, 0.5) is 0 Å². The molecular formula is C15H30ClN3O2. The van der Waals surface area contributed by atoms with Crippen molar-refractivity contribution in [1.29, 1.82) is 0 Å². The molecule has 124 valence electrons. The molecular weight excluding hydrogens is 290 g/mol. The maximum Gasteiger partial charge on any atom is 0.240 e. The standard InChI is InChI=1S/C15H29N3O2.ClH/c1-5-8-17-13(19)11-7-6-9-18(10-11)14(20)12(16)15(2,3)4;/h11-12H,5-10,16H2,1-4H3,(H,17,19);1H/t11?,12-;/m1./s1. The van der Waals surface area contributed by atoms with Gasteiger partial charge in [-0.1, -0.05) is 27.7 Å². The summed E-state index contributed by atoms with van der Waals surface area (Å²) in [6, 6.07) is -0.514. The van der Waals surface area contributed by atoms with E-state index in [1.807, 2.05) is 27.7 Å². The van der Waals surface area contributed by atoms with Gasteiger partial charge in [-0.15, -0.1) is 12.4 Å². The molecule has 0 saturated carbocycles. The number of hydrogen-bond acceptors (Lipinski definition) is 3. The summed E-state index contributed by atoms with van der Waals surface area (Å²) in [6.07, 6.45) is 2.65. The third-order valence-electron chi connectivity index (χ3n) is 3.85. The highest BCUT2D eigenvalue weighted by Gasteiger charge is 2.34. The highest BCUT2D eigenvalue weighted by molar-refractivity contribution is 5.85. The number of piperidine rings is 1. The Morgan fingerprint density at radius 3 is 2.52 bits per heavy atom. The average molecular weight is 320 g/mol. The fourth-order valence-corrected chi connectivity index (χ4v) is 2.35. The van der Waals surface area contributed by atoms with E-state index in [1.165, 1.54) is 0 Å². The summed E-state index contributed by atoms with van der Waals surface area (Å²) < 4.78 is 0. The lowest BCUT2D eigenvalue weighted by atomic mass is 9.85. The molecule has 1 aliphatic heterocycles. The molecule has 6 heteroatoms. The van der Waals surface area contributed by atoms with Crippen LogP contribution in [0.2, 0.25) is 0 Å². The molecule has 1 rings (SSSR count). The number of halogens is 1. The predicted octanol–water partition coefficient (Wildman–Crippen LogP) is 1.55. The summed E-state index contributed by atoms with van der Waals surface area (Å²) in [5.41, 5.74) is 5.78. The number of nitrogens with two attached hydrogens (primary N) is 1. The van der Waals surface area contributed by atoms with E-state index in [0.717, 1.165) is 19.3 Å². The number of carbonyl (C=O) groups is 2. The van der Waals surface area contributed by atoms with Crippen LogP contribution in [0.15, 0.2) is 0 Å². The quantitative estimate of drug-likeness (QED) is 0.825. The lowest BCUT2D eigenvalue weighted by molar-refractivity contribution is -0.138. The van der Waals surface area contributed by atoms with Crippen molar-refractivity contribution in [2.45, 2.75) is 53.0 Å². The molecule has 0 aromatic rings. The lowest BCUT2D eigenvalue weighted by Crippen LogP contribution is -2.54. The van der Waals surface area contributed by atoms with Crippen molar-refractivity contribution in [2.24, 2.45) is 17.1 Å². The van der Waals surface area contributed by atoms with Crippen LogP contribution in [0, 0.1) is 11.3 Å². The molecule has 0 aromatic carbocycles. The molecule has 2 atom stereocenters. The number of amides is 2. The second-order valence-corrected chi connectivity index (χ2v) is 6.76. The third kappa shape index (κ3) is 5.83. The van der Waals surface area contributed by atoms with E-state index in [2.05, 4.69) is 5.32 Å². The van der Waals surface area contributed by atoms with Crippen molar-refractivity contribution >= 4 is 24.2 Å². The van der Waals surface area contributed by atoms with Crippen molar-refractivity contribution in [2.75, 3.05) is 19.6 Å². The first-order valence-electron chi connectivity index (χ1n) is 7.59. The summed E-state index contributed by atoms with van der Waals surface area (Å²) in [6.45, 7) is 9.82. The SMILES string of the molecule is CCCNC(=O)C1CCCN(C(=O)[C@@H](N)C(C)(C)C)C1.Cl. The Kier molecular flexibility index (Phi) is 8.26. The summed E-state index contributed by atoms with van der Waals surface area (Å²) in [5.74, 6) is -0.0643. The lowest BCUT2D eigenvalue weighted by Gasteiger charge is -2.36. The molecule has 1 aliphatic rings. The number of likely N-dealkylation sites (tertiary alicyclic amines) is 1. The van der Waals surface area contributed by atoms with Gasteiger partial charge in [0.1, 0.15) is 0 Å². The van der Waals surface area contributed by atoms with Gasteiger partial charge in [-0.25, -0.2) is 0 Å². The number of nitrogens with zero attached hydrogens (tertiary/aromatic N) is 1. The largest absolute Gasteiger partial charge is 0.356 e. The first-order valence-corrected chi connectivity index (χ1v) is 7.59. The fraction of sp³-hybridized carbons (Fsp3) is 0.867. The predicted molar refractivity (Wildman–Crippen MR) is 87.3 cm³/mol. The van der Waals surface area contributed by atoms with Crippen LogP contribution in [0.25, 0.3) is 0 Å². The zero-order valence-corrected chi connectivity index (χ0v) is 14.5. The van der Waals surface area contributed by atoms with E-state index in [9.17, 15) is 9.59 Å². The zero-order chi connectivity index (χ0) is 15.3. The van der Waals surface area contributed by atoms with E-state index in [-0.39, 0.29) is 35.6 Å². The van der Waals surface area contributed by atoms with Crippen LogP contribution < -0.4 is 11.1 Å². The van der Waals surface area contributed by atoms with Gasteiger partial charge in [-0.05, 0) is 24.7 Å². The summed E-state index contributed by atoms with van der Waals surface area (Å²) in [5, 5.41) is 2.91. The van der Waals surface area contributed by atoms with Gasteiger partial charge in [-0.2, -0.15) is 0 Å². The highest BCUT2D eigenvalue weighted by Crippen LogP contribution is 2.22. The summed E-state index contributed by atoms with van der Waals surface area (Å²) in [7, 11) is 0. The van der Waals surface area contributed by atoms with E-state index >= 15 is 0 Å². The second kappa shape index (κ2) is 8.59. The molecule has 0 aliphatic carbocycles. The van der Waals surface area contributed by atoms with Crippen LogP contribution in [0.5, 0.6) is 0 Å². The van der Waals surface area contributed by atoms with Gasteiger partial charge in [0.05, 0.1) is 12.0 Å². The van der Waals surface area contributed by atoms with Gasteiger partial charge in [0.2, 0.25) is 11.8 Å². The molecule has 1 fully saturated rings. The normalized spacial score (nSPS) is 20.4. The Hall–Kier alpha value is -0.810. The number of hydrogen-bond donors (Lipinski definition) is 2. The molecule has 1 saturated heterocycles. The van der Waals surface area contributed by atoms with Gasteiger partial charge in [0, 0.05) is 19.6 Å². The fourth-order valence-electron chi connectivity index (χ4n) is 2.35. The van der Waals surface area contributed by atoms with Crippen molar-refractivity contribution < 1.29 is 9.59 Å². The summed E-state index contributed by atoms with van der Waals surface area (Å²) >= 11 is 0. The Morgan fingerprint density at radius 2 is 2.00 bits per heavy atom. The molecule has 0 radical (unpaired) electrons. The molecule has 0 bridgehead atoms. The monoisotopic (exact) mass is 319 g/mol. The van der Waals surface area contributed by atoms with Gasteiger partial charge in [-0.3, -0.25) is 9.59 Å². The number of nitrogens with one attached hydrogen (secondary N) is 1. The van der Waals surface area contributed by atoms with Gasteiger partial charge < -0.3 is 16.0 Å². The second-order valence-electron chi connectivity index (χ2n) is 6.76. The minimum atomic E-state index is -0.514. The number of rotatable bonds is 4. The number of carbonyl (C=O) groups excluding carboxylic acids is 2. The van der Waals surface area contributed by atoms with Gasteiger partial charge in [0.15, 0.2) is 0 Å². The molecule has 0 spiro atoms. The smallest absolute Gasteiger partial charge is 0.240 e.